The van der Waals surface area contributed by atoms with Crippen LogP contribution in [0.4, 0.5) is 0 Å². The summed E-state index contributed by atoms with van der Waals surface area (Å²) < 4.78 is 2.14. The summed E-state index contributed by atoms with van der Waals surface area (Å²) in [6.07, 6.45) is 10.8. The number of nitrogens with one attached hydrogen (secondary N) is 1. The fourth-order valence-corrected chi connectivity index (χ4v) is 6.12. The molecule has 1 fully saturated rings. The molecule has 0 spiro atoms. The molecule has 0 saturated heterocycles. The summed E-state index contributed by atoms with van der Waals surface area (Å²) in [5.41, 5.74) is 4.34. The first-order chi connectivity index (χ1) is 20.7. The SMILES string of the molecule is O=C(CCc1ccccc1)NCCCCCc1nc2ccccc2n1CC(=O)N(Cc1ccccc1)C1CCCCC1. The number of aromatic nitrogens is 2. The molecule has 6 heteroatoms. The van der Waals surface area contributed by atoms with E-state index in [4.69, 9.17) is 4.98 Å². The van der Waals surface area contributed by atoms with Gasteiger partial charge in [0.1, 0.15) is 12.4 Å². The summed E-state index contributed by atoms with van der Waals surface area (Å²) in [7, 11) is 0. The van der Waals surface area contributed by atoms with Crippen molar-refractivity contribution in [3.05, 3.63) is 102 Å². The van der Waals surface area contributed by atoms with Crippen LogP contribution in [0.15, 0.2) is 84.9 Å². The molecular weight excluding hydrogens is 520 g/mol. The zero-order valence-electron chi connectivity index (χ0n) is 24.7. The Hall–Kier alpha value is -3.93. The lowest BCUT2D eigenvalue weighted by Crippen LogP contribution is -2.42. The fraction of sp³-hybridized carbons (Fsp3) is 0.417. The number of para-hydroxylation sites is 2. The third-order valence-electron chi connectivity index (χ3n) is 8.44. The summed E-state index contributed by atoms with van der Waals surface area (Å²) in [4.78, 5) is 33.3. The van der Waals surface area contributed by atoms with Crippen molar-refractivity contribution in [1.82, 2.24) is 19.8 Å². The molecule has 1 aliphatic carbocycles. The second-order valence-corrected chi connectivity index (χ2v) is 11.5. The van der Waals surface area contributed by atoms with Gasteiger partial charge in [-0.3, -0.25) is 9.59 Å². The van der Waals surface area contributed by atoms with Crippen LogP contribution in [0.1, 0.15) is 74.7 Å². The fourth-order valence-electron chi connectivity index (χ4n) is 6.12. The van der Waals surface area contributed by atoms with Crippen molar-refractivity contribution in [3.63, 3.8) is 0 Å². The molecule has 42 heavy (non-hydrogen) atoms. The molecule has 0 radical (unpaired) electrons. The minimum Gasteiger partial charge on any atom is -0.356 e. The van der Waals surface area contributed by atoms with Crippen molar-refractivity contribution < 1.29 is 9.59 Å². The predicted octanol–water partition coefficient (Wildman–Crippen LogP) is 6.86. The van der Waals surface area contributed by atoms with Gasteiger partial charge < -0.3 is 14.8 Å². The van der Waals surface area contributed by atoms with Crippen molar-refractivity contribution in [1.29, 1.82) is 0 Å². The maximum absolute atomic E-state index is 14.0. The number of rotatable bonds is 14. The van der Waals surface area contributed by atoms with Crippen molar-refractivity contribution in [2.45, 2.75) is 89.8 Å². The molecule has 0 aliphatic heterocycles. The largest absolute Gasteiger partial charge is 0.356 e. The van der Waals surface area contributed by atoms with Crippen LogP contribution in [0.2, 0.25) is 0 Å². The van der Waals surface area contributed by atoms with Crippen LogP contribution in [-0.4, -0.2) is 38.9 Å². The van der Waals surface area contributed by atoms with E-state index in [0.29, 0.717) is 32.1 Å². The number of carbonyl (C=O) groups excluding carboxylic acids is 2. The van der Waals surface area contributed by atoms with Crippen molar-refractivity contribution in [2.75, 3.05) is 6.54 Å². The quantitative estimate of drug-likeness (QED) is 0.170. The number of amides is 2. The van der Waals surface area contributed by atoms with Gasteiger partial charge in [0.25, 0.3) is 0 Å². The van der Waals surface area contributed by atoms with E-state index < -0.39 is 0 Å². The highest BCUT2D eigenvalue weighted by Gasteiger charge is 2.27. The van der Waals surface area contributed by atoms with Gasteiger partial charge in [-0.25, -0.2) is 4.98 Å². The van der Waals surface area contributed by atoms with Gasteiger partial charge in [-0.15, -0.1) is 0 Å². The summed E-state index contributed by atoms with van der Waals surface area (Å²) in [5, 5.41) is 3.06. The number of hydrogen-bond acceptors (Lipinski definition) is 3. The highest BCUT2D eigenvalue weighted by atomic mass is 16.2. The summed E-state index contributed by atoms with van der Waals surface area (Å²) in [6, 6.07) is 28.9. The van der Waals surface area contributed by atoms with Gasteiger partial charge in [0.15, 0.2) is 0 Å². The lowest BCUT2D eigenvalue weighted by molar-refractivity contribution is -0.135. The maximum atomic E-state index is 14.0. The van der Waals surface area contributed by atoms with E-state index in [0.717, 1.165) is 61.8 Å². The van der Waals surface area contributed by atoms with Crippen LogP contribution in [0.25, 0.3) is 11.0 Å². The summed E-state index contributed by atoms with van der Waals surface area (Å²) in [5.74, 6) is 1.25. The number of imidazole rings is 1. The molecule has 220 valence electrons. The normalized spacial score (nSPS) is 13.7. The molecule has 4 aromatic rings. The Balaban J connectivity index is 1.17. The van der Waals surface area contributed by atoms with Gasteiger partial charge in [0, 0.05) is 32.0 Å². The van der Waals surface area contributed by atoms with Gasteiger partial charge in [-0.2, -0.15) is 0 Å². The molecule has 5 rings (SSSR count). The predicted molar refractivity (Wildman–Crippen MR) is 169 cm³/mol. The molecule has 1 heterocycles. The first-order valence-electron chi connectivity index (χ1n) is 15.8. The number of unbranched alkanes of at least 4 members (excludes halogenated alkanes) is 2. The van der Waals surface area contributed by atoms with E-state index in [1.54, 1.807) is 0 Å². The molecule has 1 N–H and O–H groups in total. The second kappa shape index (κ2) is 15.3. The number of hydrogen-bond donors (Lipinski definition) is 1. The Morgan fingerprint density at radius 2 is 1.48 bits per heavy atom. The van der Waals surface area contributed by atoms with Crippen molar-refractivity contribution >= 4 is 22.8 Å². The van der Waals surface area contributed by atoms with Gasteiger partial charge in [0.2, 0.25) is 11.8 Å². The van der Waals surface area contributed by atoms with E-state index in [2.05, 4.69) is 57.2 Å². The number of nitrogens with zero attached hydrogens (tertiary/aromatic N) is 3. The summed E-state index contributed by atoms with van der Waals surface area (Å²) in [6.45, 7) is 1.67. The highest BCUT2D eigenvalue weighted by molar-refractivity contribution is 5.81. The first kappa shape index (κ1) is 29.6. The molecule has 1 aromatic heterocycles. The number of carbonyl (C=O) groups is 2. The zero-order chi connectivity index (χ0) is 29.0. The van der Waals surface area contributed by atoms with E-state index in [1.807, 2.05) is 42.5 Å². The number of benzene rings is 3. The first-order valence-corrected chi connectivity index (χ1v) is 15.8. The monoisotopic (exact) mass is 564 g/mol. The van der Waals surface area contributed by atoms with Crippen LogP contribution in [0, 0.1) is 0 Å². The van der Waals surface area contributed by atoms with Crippen LogP contribution < -0.4 is 5.32 Å². The Morgan fingerprint density at radius 1 is 0.786 bits per heavy atom. The Kier molecular flexibility index (Phi) is 10.8. The Labute approximate surface area is 250 Å². The molecule has 6 nitrogen and oxygen atoms in total. The van der Waals surface area contributed by atoms with Crippen molar-refractivity contribution in [3.8, 4) is 0 Å². The van der Waals surface area contributed by atoms with Crippen molar-refractivity contribution in [2.24, 2.45) is 0 Å². The Bertz CT molecular complexity index is 1410. The smallest absolute Gasteiger partial charge is 0.243 e. The lowest BCUT2D eigenvalue weighted by Gasteiger charge is -2.35. The standard InChI is InChI=1S/C36H44N4O2/c41-35(25-24-29-15-5-1-6-16-29)37-26-14-4-11-23-34-38-32-21-12-13-22-33(32)40(34)28-36(42)39(31-19-9-3-10-20-31)27-30-17-7-2-8-18-30/h1-2,5-8,12-13,15-18,21-22,31H,3-4,9-11,14,19-20,23-28H2,(H,37,41). The van der Waals surface area contributed by atoms with Gasteiger partial charge in [-0.1, -0.05) is 98.5 Å². The summed E-state index contributed by atoms with van der Waals surface area (Å²) >= 11 is 0. The molecule has 3 aromatic carbocycles. The van der Waals surface area contributed by atoms with Gasteiger partial charge in [-0.05, 0) is 55.4 Å². The Morgan fingerprint density at radius 3 is 2.24 bits per heavy atom. The van der Waals surface area contributed by atoms with E-state index >= 15 is 0 Å². The van der Waals surface area contributed by atoms with Crippen LogP contribution in [-0.2, 0) is 35.5 Å². The van der Waals surface area contributed by atoms with Gasteiger partial charge in [0.05, 0.1) is 11.0 Å². The maximum Gasteiger partial charge on any atom is 0.243 e. The second-order valence-electron chi connectivity index (χ2n) is 11.5. The lowest BCUT2D eigenvalue weighted by atomic mass is 9.93. The highest BCUT2D eigenvalue weighted by Crippen LogP contribution is 2.26. The molecule has 0 atom stereocenters. The molecule has 1 saturated carbocycles. The van der Waals surface area contributed by atoms with Gasteiger partial charge >= 0.3 is 0 Å². The van der Waals surface area contributed by atoms with E-state index in [9.17, 15) is 9.59 Å². The third-order valence-corrected chi connectivity index (χ3v) is 8.44. The molecule has 0 unspecified atom stereocenters. The van der Waals surface area contributed by atoms with Crippen LogP contribution >= 0.6 is 0 Å². The molecule has 2 amide bonds. The minimum absolute atomic E-state index is 0.109. The molecule has 0 bridgehead atoms. The topological polar surface area (TPSA) is 67.2 Å². The van der Waals surface area contributed by atoms with E-state index in [1.165, 1.54) is 30.4 Å². The zero-order valence-corrected chi connectivity index (χ0v) is 24.7. The molecule has 1 aliphatic rings. The van der Waals surface area contributed by atoms with Crippen LogP contribution in [0.3, 0.4) is 0 Å². The number of aryl methyl sites for hydroxylation is 2. The number of fused-ring (bicyclic) bond motifs is 1. The van der Waals surface area contributed by atoms with Crippen LogP contribution in [0.5, 0.6) is 0 Å². The average molecular weight is 565 g/mol. The molecular formula is C36H44N4O2. The third kappa shape index (κ3) is 8.31. The van der Waals surface area contributed by atoms with E-state index in [-0.39, 0.29) is 11.8 Å². The average Bonchev–Trinajstić information content (AvgIpc) is 3.38. The minimum atomic E-state index is 0.109.